The maximum absolute atomic E-state index is 11.1. The third-order valence-electron chi connectivity index (χ3n) is 2.62. The summed E-state index contributed by atoms with van der Waals surface area (Å²) in [5, 5.41) is 9.08. The van der Waals surface area contributed by atoms with Crippen LogP contribution in [0.5, 0.6) is 0 Å². The second-order valence-electron chi connectivity index (χ2n) is 4.12. The van der Waals surface area contributed by atoms with E-state index in [2.05, 4.69) is 10.5 Å². The summed E-state index contributed by atoms with van der Waals surface area (Å²) < 4.78 is 22.2. The van der Waals surface area contributed by atoms with Gasteiger partial charge in [-0.2, -0.15) is 5.10 Å². The number of nitrogens with one attached hydrogen (secondary N) is 1. The quantitative estimate of drug-likeness (QED) is 0.506. The highest BCUT2D eigenvalue weighted by atomic mass is 32.2. The van der Waals surface area contributed by atoms with E-state index in [0.29, 0.717) is 5.69 Å². The fraction of sp³-hybridized carbons (Fsp3) is 0.0769. The number of hydrogen-bond donors (Lipinski definition) is 2. The SMILES string of the molecule is NS(=O)(=O)c1ccc(NN=CC2=CC=CCC2=S)cc1. The molecule has 0 amide bonds. The lowest BCUT2D eigenvalue weighted by Gasteiger charge is -2.05. The van der Waals surface area contributed by atoms with Crippen molar-refractivity contribution in [1.82, 2.24) is 0 Å². The molecule has 0 saturated carbocycles. The average molecular weight is 307 g/mol. The molecule has 20 heavy (non-hydrogen) atoms. The van der Waals surface area contributed by atoms with Crippen LogP contribution in [0.15, 0.2) is 58.1 Å². The maximum Gasteiger partial charge on any atom is 0.238 e. The fourth-order valence-corrected chi connectivity index (χ4v) is 2.30. The zero-order valence-electron chi connectivity index (χ0n) is 10.5. The molecule has 7 heteroatoms. The minimum atomic E-state index is -3.66. The normalized spacial score (nSPS) is 15.4. The van der Waals surface area contributed by atoms with Gasteiger partial charge in [0, 0.05) is 16.9 Å². The standard InChI is InChI=1S/C13H13N3O2S2/c14-20(17,18)12-7-5-11(6-8-12)16-15-9-10-3-1-2-4-13(10)19/h1-3,5-9,16H,4H2,(H2,14,17,18). The molecule has 1 aromatic carbocycles. The van der Waals surface area contributed by atoms with Gasteiger partial charge in [-0.25, -0.2) is 13.6 Å². The summed E-state index contributed by atoms with van der Waals surface area (Å²) in [4.78, 5) is 0.899. The van der Waals surface area contributed by atoms with Crippen LogP contribution >= 0.6 is 12.2 Å². The minimum absolute atomic E-state index is 0.0633. The van der Waals surface area contributed by atoms with Gasteiger partial charge in [-0.15, -0.1) is 0 Å². The summed E-state index contributed by atoms with van der Waals surface area (Å²) in [5.74, 6) is 0. The van der Waals surface area contributed by atoms with E-state index < -0.39 is 10.0 Å². The average Bonchev–Trinajstić information content (AvgIpc) is 2.40. The molecule has 3 N–H and O–H groups in total. The Morgan fingerprint density at radius 1 is 1.30 bits per heavy atom. The van der Waals surface area contributed by atoms with E-state index in [1.165, 1.54) is 12.1 Å². The number of nitrogens with two attached hydrogens (primary N) is 1. The van der Waals surface area contributed by atoms with Gasteiger partial charge in [-0.1, -0.05) is 30.4 Å². The number of allylic oxidation sites excluding steroid dienone is 4. The van der Waals surface area contributed by atoms with Crippen molar-refractivity contribution in [3.63, 3.8) is 0 Å². The van der Waals surface area contributed by atoms with Crippen LogP contribution < -0.4 is 10.6 Å². The second kappa shape index (κ2) is 6.08. The molecular weight excluding hydrogens is 294 g/mol. The Morgan fingerprint density at radius 3 is 2.60 bits per heavy atom. The molecule has 0 aromatic heterocycles. The first-order valence-corrected chi connectivity index (χ1v) is 7.74. The zero-order chi connectivity index (χ0) is 14.6. The molecule has 0 atom stereocenters. The van der Waals surface area contributed by atoms with Crippen molar-refractivity contribution >= 4 is 39.0 Å². The van der Waals surface area contributed by atoms with Gasteiger partial charge in [-0.3, -0.25) is 5.43 Å². The van der Waals surface area contributed by atoms with Gasteiger partial charge in [0.05, 0.1) is 16.8 Å². The number of hydrazone groups is 1. The number of rotatable bonds is 4. The Bertz CT molecular complexity index is 702. The first kappa shape index (κ1) is 14.6. The van der Waals surface area contributed by atoms with Gasteiger partial charge in [-0.05, 0) is 24.3 Å². The third-order valence-corrected chi connectivity index (χ3v) is 3.95. The molecule has 1 aliphatic rings. The molecule has 0 spiro atoms. The van der Waals surface area contributed by atoms with E-state index in [9.17, 15) is 8.42 Å². The van der Waals surface area contributed by atoms with E-state index >= 15 is 0 Å². The predicted octanol–water partition coefficient (Wildman–Crippen LogP) is 1.99. The van der Waals surface area contributed by atoms with Crippen molar-refractivity contribution < 1.29 is 8.42 Å². The molecule has 1 aromatic rings. The van der Waals surface area contributed by atoms with Crippen LogP contribution in [0.1, 0.15) is 6.42 Å². The van der Waals surface area contributed by atoms with Gasteiger partial charge in [0.15, 0.2) is 0 Å². The van der Waals surface area contributed by atoms with Crippen LogP contribution in [-0.4, -0.2) is 19.5 Å². The Kier molecular flexibility index (Phi) is 4.43. The summed E-state index contributed by atoms with van der Waals surface area (Å²) in [7, 11) is -3.66. The second-order valence-corrected chi connectivity index (χ2v) is 6.17. The highest BCUT2D eigenvalue weighted by Crippen LogP contribution is 2.13. The van der Waals surface area contributed by atoms with Gasteiger partial charge < -0.3 is 0 Å². The Balaban J connectivity index is 2.03. The van der Waals surface area contributed by atoms with E-state index in [4.69, 9.17) is 17.4 Å². The largest absolute Gasteiger partial charge is 0.279 e. The van der Waals surface area contributed by atoms with Gasteiger partial charge in [0.2, 0.25) is 10.0 Å². The van der Waals surface area contributed by atoms with Gasteiger partial charge >= 0.3 is 0 Å². The highest BCUT2D eigenvalue weighted by molar-refractivity contribution is 7.89. The van der Waals surface area contributed by atoms with Crippen molar-refractivity contribution in [3.05, 3.63) is 48.1 Å². The first-order chi connectivity index (χ1) is 9.47. The topological polar surface area (TPSA) is 84.5 Å². The van der Waals surface area contributed by atoms with Crippen LogP contribution in [0.2, 0.25) is 0 Å². The maximum atomic E-state index is 11.1. The lowest BCUT2D eigenvalue weighted by molar-refractivity contribution is 0.598. The number of sulfonamides is 1. The zero-order valence-corrected chi connectivity index (χ0v) is 12.1. The Morgan fingerprint density at radius 2 is 2.00 bits per heavy atom. The summed E-state index contributed by atoms with van der Waals surface area (Å²) in [6.45, 7) is 0. The highest BCUT2D eigenvalue weighted by Gasteiger charge is 2.06. The lowest BCUT2D eigenvalue weighted by Crippen LogP contribution is -2.11. The van der Waals surface area contributed by atoms with E-state index in [1.54, 1.807) is 18.3 Å². The molecule has 0 heterocycles. The van der Waals surface area contributed by atoms with E-state index in [1.807, 2.05) is 18.2 Å². The van der Waals surface area contributed by atoms with Crippen molar-refractivity contribution in [2.45, 2.75) is 11.3 Å². The summed E-state index contributed by atoms with van der Waals surface area (Å²) in [6.07, 6.45) is 8.19. The molecule has 0 saturated heterocycles. The lowest BCUT2D eigenvalue weighted by atomic mass is 10.1. The van der Waals surface area contributed by atoms with Crippen molar-refractivity contribution in [1.29, 1.82) is 0 Å². The number of benzene rings is 1. The molecule has 5 nitrogen and oxygen atoms in total. The Hall–Kier alpha value is -1.83. The predicted molar refractivity (Wildman–Crippen MR) is 84.4 cm³/mol. The number of primary sulfonamides is 1. The van der Waals surface area contributed by atoms with Gasteiger partial charge in [0.1, 0.15) is 0 Å². The minimum Gasteiger partial charge on any atom is -0.279 e. The van der Waals surface area contributed by atoms with E-state index in [-0.39, 0.29) is 4.90 Å². The number of nitrogens with zero attached hydrogens (tertiary/aromatic N) is 1. The Labute approximate surface area is 122 Å². The summed E-state index contributed by atoms with van der Waals surface area (Å²) >= 11 is 5.20. The van der Waals surface area contributed by atoms with Crippen LogP contribution in [-0.2, 0) is 10.0 Å². The molecule has 0 radical (unpaired) electrons. The molecule has 0 bridgehead atoms. The molecular formula is C13H13N3O2S2. The number of hydrogen-bond acceptors (Lipinski definition) is 5. The van der Waals surface area contributed by atoms with Crippen LogP contribution in [0.25, 0.3) is 0 Å². The molecule has 104 valence electrons. The summed E-state index contributed by atoms with van der Waals surface area (Å²) in [5.41, 5.74) is 4.34. The van der Waals surface area contributed by atoms with Crippen molar-refractivity contribution in [2.24, 2.45) is 10.2 Å². The molecule has 0 fully saturated rings. The molecule has 2 rings (SSSR count). The van der Waals surface area contributed by atoms with Crippen LogP contribution in [0.3, 0.4) is 0 Å². The van der Waals surface area contributed by atoms with Gasteiger partial charge in [0.25, 0.3) is 0 Å². The molecule has 0 unspecified atom stereocenters. The van der Waals surface area contributed by atoms with Crippen LogP contribution in [0, 0.1) is 0 Å². The first-order valence-electron chi connectivity index (χ1n) is 5.79. The third kappa shape index (κ3) is 3.83. The molecule has 0 aliphatic heterocycles. The van der Waals surface area contributed by atoms with Crippen molar-refractivity contribution in [3.8, 4) is 0 Å². The molecule has 1 aliphatic carbocycles. The number of anilines is 1. The van der Waals surface area contributed by atoms with Crippen molar-refractivity contribution in [2.75, 3.05) is 5.43 Å². The van der Waals surface area contributed by atoms with Crippen LogP contribution in [0.4, 0.5) is 5.69 Å². The van der Waals surface area contributed by atoms with E-state index in [0.717, 1.165) is 16.9 Å². The monoisotopic (exact) mass is 307 g/mol. The smallest absolute Gasteiger partial charge is 0.238 e. The summed E-state index contributed by atoms with van der Waals surface area (Å²) in [6, 6.07) is 6.01. The number of thiocarbonyl (C=S) groups is 1. The fourth-order valence-electron chi connectivity index (χ4n) is 1.57.